The van der Waals surface area contributed by atoms with Gasteiger partial charge in [0, 0.05) is 117 Å². The number of nitrogens with two attached hydrogens (primary N) is 1. The molecular weight excluding hydrogens is 1200 g/mol. The summed E-state index contributed by atoms with van der Waals surface area (Å²) in [5, 5.41) is 35.8. The van der Waals surface area contributed by atoms with Gasteiger partial charge >= 0.3 is 12.1 Å². The maximum Gasteiger partial charge on any atom is 0.410 e. The number of fused-ring (bicyclic) bond motifs is 2. The molecule has 0 saturated carbocycles. The lowest BCUT2D eigenvalue weighted by molar-refractivity contribution is 0.00880. The second kappa shape index (κ2) is 27.0. The number of hydrogen-bond donors (Lipinski definition) is 4. The van der Waals surface area contributed by atoms with E-state index in [1.54, 1.807) is 41.6 Å². The van der Waals surface area contributed by atoms with Crippen molar-refractivity contribution in [3.8, 4) is 56.9 Å². The molecule has 8 aromatic heterocycles. The van der Waals surface area contributed by atoms with E-state index in [1.807, 2.05) is 104 Å². The number of carboxylic acids is 1. The zero-order valence-electron chi connectivity index (χ0n) is 49.1. The minimum atomic E-state index is -1.19. The van der Waals surface area contributed by atoms with Crippen molar-refractivity contribution in [2.24, 2.45) is 5.73 Å². The van der Waals surface area contributed by atoms with Crippen molar-refractivity contribution < 1.29 is 33.0 Å². The summed E-state index contributed by atoms with van der Waals surface area (Å²) in [4.78, 5) is 76.4. The molecule has 2 aliphatic rings. The van der Waals surface area contributed by atoms with Crippen LogP contribution in [0.25, 0.3) is 56.1 Å². The first-order valence-corrected chi connectivity index (χ1v) is 29.3. The maximum absolute atomic E-state index is 13.5. The molecule has 2 aliphatic heterocycles. The Hall–Kier alpha value is -9.90. The number of nitriles is 2. The van der Waals surface area contributed by atoms with Crippen LogP contribution in [0.1, 0.15) is 77.0 Å². The highest BCUT2D eigenvalue weighted by Crippen LogP contribution is 2.39. The summed E-state index contributed by atoms with van der Waals surface area (Å²) in [7, 11) is 3.74. The number of thiazole rings is 2. The Morgan fingerprint density at radius 2 is 1.10 bits per heavy atom. The second-order valence-corrected chi connectivity index (χ2v) is 23.3. The van der Waals surface area contributed by atoms with Crippen LogP contribution >= 0.6 is 35.1 Å². The van der Waals surface area contributed by atoms with Crippen LogP contribution in [0.5, 0.6) is 0 Å². The van der Waals surface area contributed by atoms with Crippen LogP contribution in [0.2, 0.25) is 0 Å². The molecule has 2 fully saturated rings. The van der Waals surface area contributed by atoms with E-state index in [2.05, 4.69) is 42.7 Å². The summed E-state index contributed by atoms with van der Waals surface area (Å²) in [6.07, 6.45) is 11.1. The number of likely N-dealkylation sites (tertiary alicyclic amines) is 1. The lowest BCUT2D eigenvalue weighted by atomic mass is 10.1. The first-order valence-electron chi connectivity index (χ1n) is 27.7. The summed E-state index contributed by atoms with van der Waals surface area (Å²) in [5.74, 6) is -0.744. The maximum atomic E-state index is 13.5. The van der Waals surface area contributed by atoms with Crippen molar-refractivity contribution in [3.05, 3.63) is 154 Å². The summed E-state index contributed by atoms with van der Waals surface area (Å²) in [6, 6.07) is 24.1. The predicted octanol–water partition coefficient (Wildman–Crippen LogP) is 9.90. The van der Waals surface area contributed by atoms with Gasteiger partial charge < -0.3 is 40.9 Å². The van der Waals surface area contributed by atoms with Crippen molar-refractivity contribution in [3.63, 3.8) is 0 Å². The molecule has 0 atom stereocenters. The van der Waals surface area contributed by atoms with E-state index in [1.165, 1.54) is 59.3 Å². The number of imidazole rings is 2. The van der Waals surface area contributed by atoms with Gasteiger partial charge in [-0.05, 0) is 106 Å². The minimum Gasteiger partial charge on any atom is -0.475 e. The van der Waals surface area contributed by atoms with Gasteiger partial charge in [-0.25, -0.2) is 58.2 Å². The largest absolute Gasteiger partial charge is 0.475 e. The molecule has 28 heteroatoms. The lowest BCUT2D eigenvalue weighted by Gasteiger charge is -2.37. The first-order chi connectivity index (χ1) is 42.2. The molecule has 23 nitrogen and oxygen atoms in total. The van der Waals surface area contributed by atoms with Crippen LogP contribution in [0.3, 0.4) is 0 Å². The number of aromatic carboxylic acids is 1. The highest BCUT2D eigenvalue weighted by atomic mass is 35.5. The van der Waals surface area contributed by atoms with E-state index in [0.29, 0.717) is 74.0 Å². The number of nitrogens with zero attached hydrogens (tertiary/aromatic N) is 15. The molecule has 5 N–H and O–H groups in total. The number of carbonyl (C=O) groups is 3. The number of amides is 2. The molecule has 2 aromatic carbocycles. The van der Waals surface area contributed by atoms with E-state index >= 15 is 0 Å². The van der Waals surface area contributed by atoms with Crippen molar-refractivity contribution >= 4 is 86.2 Å². The van der Waals surface area contributed by atoms with Crippen LogP contribution in [0, 0.1) is 34.3 Å². The van der Waals surface area contributed by atoms with Crippen molar-refractivity contribution in [2.75, 3.05) is 50.1 Å². The smallest absolute Gasteiger partial charge is 0.410 e. The number of benzene rings is 2. The Labute approximate surface area is 523 Å². The molecule has 2 amide bonds. The summed E-state index contributed by atoms with van der Waals surface area (Å²) in [6.45, 7) is 12.3. The van der Waals surface area contributed by atoms with Crippen LogP contribution in [-0.4, -0.2) is 135 Å². The normalized spacial score (nSPS) is 12.9. The summed E-state index contributed by atoms with van der Waals surface area (Å²) < 4.78 is 35.9. The fraction of sp³-hybridized carbons (Fsp3) is 0.262. The molecular formula is C61H59ClF2N18O5S2. The predicted molar refractivity (Wildman–Crippen MR) is 336 cm³/mol. The van der Waals surface area contributed by atoms with Gasteiger partial charge in [-0.1, -0.05) is 36.5 Å². The van der Waals surface area contributed by atoms with Crippen LogP contribution in [0.15, 0.2) is 110 Å². The van der Waals surface area contributed by atoms with Crippen LogP contribution < -0.4 is 26.2 Å². The molecule has 89 heavy (non-hydrogen) atoms. The Balaban J connectivity index is 0.000000177. The molecule has 0 aliphatic carbocycles. The Morgan fingerprint density at radius 3 is 1.46 bits per heavy atom. The summed E-state index contributed by atoms with van der Waals surface area (Å²) in [5.41, 5.74) is 13.7. The van der Waals surface area contributed by atoms with Gasteiger partial charge in [-0.2, -0.15) is 10.5 Å². The highest BCUT2D eigenvalue weighted by molar-refractivity contribution is 7.17. The van der Waals surface area contributed by atoms with Crippen molar-refractivity contribution in [1.82, 2.24) is 64.2 Å². The number of aromatic nitrogens is 10. The van der Waals surface area contributed by atoms with Gasteiger partial charge in [0.1, 0.15) is 73.4 Å². The number of pyridine rings is 2. The Morgan fingerprint density at radius 1 is 0.685 bits per heavy atom. The van der Waals surface area contributed by atoms with Crippen molar-refractivity contribution in [1.29, 1.82) is 10.5 Å². The van der Waals surface area contributed by atoms with Gasteiger partial charge in [0.05, 0.1) is 17.4 Å². The molecule has 10 heterocycles. The van der Waals surface area contributed by atoms with Gasteiger partial charge in [0.2, 0.25) is 11.6 Å². The monoisotopic (exact) mass is 1260 g/mol. The zero-order chi connectivity index (χ0) is 62.6. The molecule has 0 spiro atoms. The number of nitrogens with one attached hydrogen (secondary N) is 2. The number of aryl methyl sites for hydroxylation is 2. The molecule has 12 rings (SSSR count). The molecule has 0 bridgehead atoms. The highest BCUT2D eigenvalue weighted by Gasteiger charge is 2.31. The van der Waals surface area contributed by atoms with Crippen LogP contribution in [-0.2, 0) is 17.6 Å². The first kappa shape index (κ1) is 63.6. The minimum absolute atomic E-state index is 0. The van der Waals surface area contributed by atoms with Gasteiger partial charge in [-0.15, -0.1) is 12.4 Å². The van der Waals surface area contributed by atoms with E-state index in [4.69, 9.17) is 35.5 Å². The molecule has 0 radical (unpaired) electrons. The number of hydrogen-bond acceptors (Lipinski definition) is 20. The molecule has 0 unspecified atom stereocenters. The van der Waals surface area contributed by atoms with Crippen LogP contribution in [0.4, 0.5) is 35.5 Å². The Kier molecular flexibility index (Phi) is 19.3. The van der Waals surface area contributed by atoms with E-state index < -0.39 is 11.6 Å². The number of anilines is 4. The molecule has 456 valence electrons. The van der Waals surface area contributed by atoms with E-state index in [0.717, 1.165) is 64.1 Å². The quantitative estimate of drug-likeness (QED) is 0.0834. The second-order valence-electron chi connectivity index (χ2n) is 21.3. The third kappa shape index (κ3) is 14.1. The van der Waals surface area contributed by atoms with Gasteiger partial charge in [0.15, 0.2) is 10.3 Å². The fourth-order valence-electron chi connectivity index (χ4n) is 9.34. The number of halogens is 3. The topological polar surface area (TPSA) is 300 Å². The average molecular weight is 1260 g/mol. The molecule has 2 saturated heterocycles. The van der Waals surface area contributed by atoms with E-state index in [-0.39, 0.29) is 59.8 Å². The zero-order valence-corrected chi connectivity index (χ0v) is 51.6. The van der Waals surface area contributed by atoms with Gasteiger partial charge in [0.25, 0.3) is 5.91 Å². The lowest BCUT2D eigenvalue weighted by Crippen LogP contribution is -2.58. The van der Waals surface area contributed by atoms with E-state index in [9.17, 15) is 33.7 Å². The third-order valence-electron chi connectivity index (χ3n) is 13.9. The number of carbonyl (C=O) groups excluding carboxylic acids is 2. The SMILES string of the molecule is CC(C)(C)OC(=O)N1CC(N)C1.CCc1nc2ccc(-c3cnc(C(=O)NC4CNC4)nc3)cn2c1N(C)c1nc(-c2ccc(F)cc2)c(C#N)s1.CCc1nc2ccc(-c3cnc(C(=O)O)nc3)cn2c1N(C)c1nc(-c2ccc(F)cc2)c(C#N)s1.Cl. The number of rotatable bonds is 13. The summed E-state index contributed by atoms with van der Waals surface area (Å²) >= 11 is 2.51. The standard InChI is InChI=1S/C28H24FN9OS.C25H18FN7O2S.C8H16N2O2.ClH/c1-3-21-27(37(2)28-36-24(22(10-30)40-28)16-4-7-19(29)8-5-16)38-15-17(6-9-23(38)35-21)18-11-32-25(33-12-18)26(39)34-20-13-31-14-20;1-3-18-23(32(2)25-31-21(19(10-27)36-25)14-4-7-17(26)8-5-14)33-13-15(6-9-20(33)30-18)16-11-28-22(24(34)35)29-12-16;1-8(2,3)12-7(11)10-4-6(9)5-10;/h4-9,11-12,15,20,31H,3,13-14H2,1-2H3,(H,34,39);4-9,11-13H,3H2,1-2H3,(H,34,35);6H,4-5,9H2,1-3H3;1H. The number of carboxylic acid groups (broad SMARTS) is 1. The average Bonchev–Trinajstić information content (AvgIpc) is 1.86. The third-order valence-corrected chi connectivity index (χ3v) is 16.0. The fourth-order valence-corrected chi connectivity index (χ4v) is 11.0. The van der Waals surface area contributed by atoms with Crippen molar-refractivity contribution in [2.45, 2.75) is 65.1 Å². The Bertz CT molecular complexity index is 4300. The van der Waals surface area contributed by atoms with Gasteiger partial charge in [-0.3, -0.25) is 13.6 Å². The number of ether oxygens (including phenoxy) is 1. The molecule has 10 aromatic rings.